The highest BCUT2D eigenvalue weighted by Gasteiger charge is 2.30. The van der Waals surface area contributed by atoms with E-state index in [-0.39, 0.29) is 24.7 Å². The van der Waals surface area contributed by atoms with Crippen LogP contribution in [0.3, 0.4) is 0 Å². The minimum atomic E-state index is -4.46. The maximum Gasteiger partial charge on any atom is 0.416 e. The average Bonchev–Trinajstić information content (AvgIpc) is 2.61. The van der Waals surface area contributed by atoms with Gasteiger partial charge in [-0.05, 0) is 48.9 Å². The van der Waals surface area contributed by atoms with Crippen LogP contribution in [0.1, 0.15) is 11.1 Å². The van der Waals surface area contributed by atoms with E-state index in [2.05, 4.69) is 26.6 Å². The zero-order valence-electron chi connectivity index (χ0n) is 15.2. The van der Waals surface area contributed by atoms with Crippen molar-refractivity contribution in [1.29, 1.82) is 0 Å². The van der Waals surface area contributed by atoms with E-state index in [4.69, 9.17) is 0 Å². The molecule has 0 heterocycles. The largest absolute Gasteiger partial charge is 0.416 e. The molecule has 0 spiro atoms. The Kier molecular flexibility index (Phi) is 7.06. The number of aryl methyl sites for hydroxylation is 1. The summed E-state index contributed by atoms with van der Waals surface area (Å²) in [4.78, 5) is 25.5. The molecule has 0 radical (unpaired) electrons. The Labute approximate surface area is 169 Å². The lowest BCUT2D eigenvalue weighted by molar-refractivity contribution is -0.137. The predicted molar refractivity (Wildman–Crippen MR) is 105 cm³/mol. The molecule has 0 unspecified atom stereocenters. The first-order chi connectivity index (χ1) is 13.1. The molecule has 2 N–H and O–H groups in total. The molecule has 2 aromatic rings. The lowest BCUT2D eigenvalue weighted by atomic mass is 10.2. The molecule has 0 aromatic heterocycles. The molecule has 0 aliphatic rings. The second-order valence-corrected chi connectivity index (χ2v) is 7.11. The van der Waals surface area contributed by atoms with Crippen molar-refractivity contribution in [3.05, 3.63) is 58.1 Å². The topological polar surface area (TPSA) is 61.4 Å². The van der Waals surface area contributed by atoms with E-state index in [1.54, 1.807) is 12.1 Å². The highest BCUT2D eigenvalue weighted by molar-refractivity contribution is 9.10. The third-order valence-electron chi connectivity index (χ3n) is 3.90. The molecule has 0 saturated heterocycles. The lowest BCUT2D eigenvalue weighted by Gasteiger charge is -2.18. The molecular formula is C19H19BrF3N3O2. The van der Waals surface area contributed by atoms with Crippen LogP contribution >= 0.6 is 15.9 Å². The average molecular weight is 458 g/mol. The Bertz CT molecular complexity index is 872. The molecule has 150 valence electrons. The van der Waals surface area contributed by atoms with Crippen LogP contribution in [-0.4, -0.2) is 36.9 Å². The first kappa shape index (κ1) is 21.7. The molecule has 5 nitrogen and oxygen atoms in total. The Morgan fingerprint density at radius 1 is 1.14 bits per heavy atom. The number of anilines is 2. The quantitative estimate of drug-likeness (QED) is 0.680. The van der Waals surface area contributed by atoms with E-state index < -0.39 is 17.6 Å². The number of alkyl halides is 3. The number of nitrogens with one attached hydrogen (secondary N) is 2. The van der Waals surface area contributed by atoms with Gasteiger partial charge in [0, 0.05) is 22.9 Å². The molecule has 0 fully saturated rings. The Hall–Kier alpha value is -2.55. The van der Waals surface area contributed by atoms with Crippen LogP contribution in [0.5, 0.6) is 0 Å². The van der Waals surface area contributed by atoms with E-state index in [1.807, 2.05) is 13.0 Å². The molecule has 0 atom stereocenters. The van der Waals surface area contributed by atoms with Crippen molar-refractivity contribution in [2.24, 2.45) is 0 Å². The van der Waals surface area contributed by atoms with Gasteiger partial charge in [-0.2, -0.15) is 13.2 Å². The number of halogens is 4. The fourth-order valence-electron chi connectivity index (χ4n) is 2.38. The monoisotopic (exact) mass is 457 g/mol. The van der Waals surface area contributed by atoms with E-state index in [0.29, 0.717) is 5.69 Å². The molecule has 28 heavy (non-hydrogen) atoms. The van der Waals surface area contributed by atoms with Gasteiger partial charge in [-0.25, -0.2) is 0 Å². The Balaban J connectivity index is 1.88. The minimum absolute atomic E-state index is 0.173. The maximum atomic E-state index is 12.7. The molecule has 2 aromatic carbocycles. The van der Waals surface area contributed by atoms with Crippen LogP contribution in [0.25, 0.3) is 0 Å². The second kappa shape index (κ2) is 9.09. The predicted octanol–water partition coefficient (Wildman–Crippen LogP) is 4.29. The minimum Gasteiger partial charge on any atom is -0.376 e. The van der Waals surface area contributed by atoms with Gasteiger partial charge < -0.3 is 15.5 Å². The summed E-state index contributed by atoms with van der Waals surface area (Å²) in [5, 5.41) is 5.37. The van der Waals surface area contributed by atoms with Crippen LogP contribution < -0.4 is 10.6 Å². The molecule has 0 bridgehead atoms. The highest BCUT2D eigenvalue weighted by Crippen LogP contribution is 2.30. The molecule has 9 heteroatoms. The van der Waals surface area contributed by atoms with Crippen molar-refractivity contribution >= 4 is 39.1 Å². The summed E-state index contributed by atoms with van der Waals surface area (Å²) < 4.78 is 39.0. The molecule has 0 aliphatic heterocycles. The smallest absolute Gasteiger partial charge is 0.376 e. The van der Waals surface area contributed by atoms with Crippen LogP contribution in [0.15, 0.2) is 46.9 Å². The summed E-state index contributed by atoms with van der Waals surface area (Å²) in [5.41, 5.74) is 0.869. The van der Waals surface area contributed by atoms with Crippen LogP contribution in [0.4, 0.5) is 24.5 Å². The van der Waals surface area contributed by atoms with Gasteiger partial charge in [-0.15, -0.1) is 0 Å². The van der Waals surface area contributed by atoms with E-state index >= 15 is 0 Å². The standard InChI is InChI=1S/C19H19BrF3N3O2/c1-12-8-14(20)6-7-16(12)25-17(27)11-26(2)18(28)10-24-15-5-3-4-13(9-15)19(21,22)23/h3-9,24H,10-11H2,1-2H3,(H,25,27). The number of carbonyl (C=O) groups is 2. The van der Waals surface area contributed by atoms with Crippen molar-refractivity contribution in [3.63, 3.8) is 0 Å². The summed E-state index contributed by atoms with van der Waals surface area (Å²) in [7, 11) is 1.45. The van der Waals surface area contributed by atoms with Crippen LogP contribution in [0, 0.1) is 6.92 Å². The van der Waals surface area contributed by atoms with E-state index in [1.165, 1.54) is 24.1 Å². The van der Waals surface area contributed by atoms with Gasteiger partial charge in [-0.3, -0.25) is 9.59 Å². The van der Waals surface area contributed by atoms with Crippen molar-refractivity contribution in [3.8, 4) is 0 Å². The zero-order valence-corrected chi connectivity index (χ0v) is 16.8. The number of hydrogen-bond donors (Lipinski definition) is 2. The van der Waals surface area contributed by atoms with E-state index in [0.717, 1.165) is 22.2 Å². The summed E-state index contributed by atoms with van der Waals surface area (Å²) in [6, 6.07) is 9.96. The summed E-state index contributed by atoms with van der Waals surface area (Å²) >= 11 is 3.34. The second-order valence-electron chi connectivity index (χ2n) is 6.19. The zero-order chi connectivity index (χ0) is 20.9. The van der Waals surface area contributed by atoms with Crippen molar-refractivity contribution in [2.45, 2.75) is 13.1 Å². The number of amides is 2. The molecule has 2 amide bonds. The van der Waals surface area contributed by atoms with Gasteiger partial charge in [0.2, 0.25) is 11.8 Å². The van der Waals surface area contributed by atoms with Crippen LogP contribution in [0.2, 0.25) is 0 Å². The first-order valence-electron chi connectivity index (χ1n) is 8.27. The number of likely N-dealkylation sites (N-methyl/N-ethyl adjacent to an activating group) is 1. The van der Waals surface area contributed by atoms with Gasteiger partial charge >= 0.3 is 6.18 Å². The first-order valence-corrected chi connectivity index (χ1v) is 9.06. The van der Waals surface area contributed by atoms with Gasteiger partial charge in [0.1, 0.15) is 0 Å². The fraction of sp³-hybridized carbons (Fsp3) is 0.263. The number of hydrogen-bond acceptors (Lipinski definition) is 3. The van der Waals surface area contributed by atoms with E-state index in [9.17, 15) is 22.8 Å². The van der Waals surface area contributed by atoms with Gasteiger partial charge in [-0.1, -0.05) is 22.0 Å². The molecule has 2 rings (SSSR count). The number of nitrogens with zero attached hydrogens (tertiary/aromatic N) is 1. The number of carbonyl (C=O) groups excluding carboxylic acids is 2. The Morgan fingerprint density at radius 3 is 2.50 bits per heavy atom. The van der Waals surface area contributed by atoms with Crippen molar-refractivity contribution in [2.75, 3.05) is 30.8 Å². The molecule has 0 saturated carbocycles. The maximum absolute atomic E-state index is 12.7. The van der Waals surface area contributed by atoms with Gasteiger partial charge in [0.25, 0.3) is 0 Å². The molecule has 0 aliphatic carbocycles. The third kappa shape index (κ3) is 6.26. The summed E-state index contributed by atoms with van der Waals surface area (Å²) in [6.45, 7) is 1.43. The lowest BCUT2D eigenvalue weighted by Crippen LogP contribution is -2.38. The summed E-state index contributed by atoms with van der Waals surface area (Å²) in [5.74, 6) is -0.805. The summed E-state index contributed by atoms with van der Waals surface area (Å²) in [6.07, 6.45) is -4.46. The third-order valence-corrected chi connectivity index (χ3v) is 4.40. The van der Waals surface area contributed by atoms with Crippen LogP contribution in [-0.2, 0) is 15.8 Å². The SMILES string of the molecule is Cc1cc(Br)ccc1NC(=O)CN(C)C(=O)CNc1cccc(C(F)(F)F)c1. The highest BCUT2D eigenvalue weighted by atomic mass is 79.9. The molecular weight excluding hydrogens is 439 g/mol. The normalized spacial score (nSPS) is 11.1. The Morgan fingerprint density at radius 2 is 1.86 bits per heavy atom. The van der Waals surface area contributed by atoms with Crippen molar-refractivity contribution < 1.29 is 22.8 Å². The van der Waals surface area contributed by atoms with Gasteiger partial charge in [0.05, 0.1) is 18.7 Å². The fourth-order valence-corrected chi connectivity index (χ4v) is 2.85. The number of benzene rings is 2. The van der Waals surface area contributed by atoms with Crippen molar-refractivity contribution in [1.82, 2.24) is 4.90 Å². The number of rotatable bonds is 6. The van der Waals surface area contributed by atoms with Gasteiger partial charge in [0.15, 0.2) is 0 Å².